The van der Waals surface area contributed by atoms with Gasteiger partial charge in [-0.15, -0.1) is 0 Å². The van der Waals surface area contributed by atoms with Crippen LogP contribution in [0.15, 0.2) is 115 Å². The smallest absolute Gasteiger partial charge is 0.413 e. The molecule has 0 spiro atoms. The van der Waals surface area contributed by atoms with E-state index in [-0.39, 0.29) is 11.5 Å². The quantitative estimate of drug-likeness (QED) is 0.191. The molecular formula is C30H37O6P2+. The van der Waals surface area contributed by atoms with Crippen LogP contribution in [0, 0.1) is 0 Å². The second-order valence-electron chi connectivity index (χ2n) is 6.52. The molecule has 4 aromatic rings. The Morgan fingerprint density at radius 2 is 0.895 bits per heavy atom. The standard InChI is InChI=1S/C24H19O6P2.3C2H6/c25-31(27-20-11-4-1-5-12-20)28-22-15-10-16-23(19-22)30-32(26,24-17-8-3-9-18-24)29-21-13-6-2-7-14-21;3*1-2/h1-19H;3*1-2H3/q+1;;;. The molecule has 0 aliphatic rings. The highest BCUT2D eigenvalue weighted by atomic mass is 31.2. The van der Waals surface area contributed by atoms with E-state index in [1.807, 2.05) is 59.7 Å². The minimum absolute atomic E-state index is 0.230. The Labute approximate surface area is 228 Å². The molecule has 4 aromatic carbocycles. The van der Waals surface area contributed by atoms with Gasteiger partial charge in [0.05, 0.1) is 5.30 Å². The van der Waals surface area contributed by atoms with Gasteiger partial charge in [-0.05, 0) is 48.5 Å². The van der Waals surface area contributed by atoms with E-state index < -0.39 is 15.9 Å². The summed E-state index contributed by atoms with van der Waals surface area (Å²) in [4.78, 5) is 0. The first-order valence-electron chi connectivity index (χ1n) is 12.7. The van der Waals surface area contributed by atoms with Gasteiger partial charge in [0.1, 0.15) is 11.5 Å². The summed E-state index contributed by atoms with van der Waals surface area (Å²) in [5, 5.41) is 0.397. The van der Waals surface area contributed by atoms with Crippen LogP contribution in [0.25, 0.3) is 0 Å². The molecule has 0 radical (unpaired) electrons. The molecule has 0 aliphatic heterocycles. The van der Waals surface area contributed by atoms with Crippen molar-refractivity contribution in [2.75, 3.05) is 0 Å². The molecule has 2 atom stereocenters. The van der Waals surface area contributed by atoms with Crippen molar-refractivity contribution in [1.29, 1.82) is 0 Å². The fraction of sp³-hybridized carbons (Fsp3) is 0.200. The van der Waals surface area contributed by atoms with Crippen molar-refractivity contribution in [3.63, 3.8) is 0 Å². The SMILES string of the molecule is CC.CC.CC.O=[P+](Oc1ccccc1)Oc1cccc(OP(=O)(Oc2ccccc2)c2ccccc2)c1. The summed E-state index contributed by atoms with van der Waals surface area (Å²) in [6.07, 6.45) is 0. The maximum atomic E-state index is 13.8. The minimum Gasteiger partial charge on any atom is -0.413 e. The van der Waals surface area contributed by atoms with Crippen LogP contribution in [0.2, 0.25) is 0 Å². The maximum absolute atomic E-state index is 13.8. The molecule has 0 bridgehead atoms. The second-order valence-corrected chi connectivity index (χ2v) is 9.21. The number of hydrogen-bond acceptors (Lipinski definition) is 6. The normalized spacial score (nSPS) is 11.3. The summed E-state index contributed by atoms with van der Waals surface area (Å²) in [6, 6.07) is 32.5. The molecule has 0 fully saturated rings. The molecule has 0 saturated heterocycles. The molecule has 0 heterocycles. The van der Waals surface area contributed by atoms with Crippen LogP contribution >= 0.6 is 15.9 Å². The third-order valence-corrected chi connectivity index (χ3v) is 6.73. The third kappa shape index (κ3) is 10.8. The predicted molar refractivity (Wildman–Crippen MR) is 157 cm³/mol. The first-order chi connectivity index (χ1) is 18.6. The van der Waals surface area contributed by atoms with E-state index in [4.69, 9.17) is 18.1 Å². The van der Waals surface area contributed by atoms with Gasteiger partial charge in [-0.1, -0.05) is 102 Å². The van der Waals surface area contributed by atoms with Crippen LogP contribution in [0.3, 0.4) is 0 Å². The van der Waals surface area contributed by atoms with Crippen molar-refractivity contribution in [2.45, 2.75) is 41.5 Å². The lowest BCUT2D eigenvalue weighted by Crippen LogP contribution is -2.14. The van der Waals surface area contributed by atoms with Gasteiger partial charge in [-0.3, -0.25) is 0 Å². The van der Waals surface area contributed by atoms with E-state index in [0.717, 1.165) is 0 Å². The molecule has 0 aliphatic carbocycles. The van der Waals surface area contributed by atoms with E-state index in [9.17, 15) is 9.13 Å². The summed E-state index contributed by atoms with van der Waals surface area (Å²) < 4.78 is 48.3. The second kappa shape index (κ2) is 18.6. The Morgan fingerprint density at radius 1 is 0.500 bits per heavy atom. The molecular weight excluding hydrogens is 518 g/mol. The van der Waals surface area contributed by atoms with Gasteiger partial charge in [-0.25, -0.2) is 13.6 Å². The topological polar surface area (TPSA) is 71.1 Å². The van der Waals surface area contributed by atoms with Crippen LogP contribution in [-0.4, -0.2) is 0 Å². The Kier molecular flexibility index (Phi) is 15.9. The number of hydrogen-bond donors (Lipinski definition) is 0. The van der Waals surface area contributed by atoms with E-state index >= 15 is 0 Å². The molecule has 0 aromatic heterocycles. The predicted octanol–water partition coefficient (Wildman–Crippen LogP) is 9.86. The van der Waals surface area contributed by atoms with Crippen LogP contribution in [0.1, 0.15) is 41.5 Å². The van der Waals surface area contributed by atoms with Crippen molar-refractivity contribution in [3.8, 4) is 23.0 Å². The van der Waals surface area contributed by atoms with Crippen molar-refractivity contribution in [3.05, 3.63) is 115 Å². The number of rotatable bonds is 9. The zero-order valence-electron chi connectivity index (χ0n) is 22.8. The number of para-hydroxylation sites is 2. The van der Waals surface area contributed by atoms with Crippen molar-refractivity contribution >= 4 is 21.2 Å². The Balaban J connectivity index is 0.00000112. The molecule has 2 unspecified atom stereocenters. The summed E-state index contributed by atoms with van der Waals surface area (Å²) in [5.74, 6) is 1.30. The van der Waals surface area contributed by atoms with E-state index in [0.29, 0.717) is 16.8 Å². The lowest BCUT2D eigenvalue weighted by molar-refractivity contribution is 0.397. The van der Waals surface area contributed by atoms with Crippen LogP contribution in [0.4, 0.5) is 0 Å². The van der Waals surface area contributed by atoms with Crippen LogP contribution in [0.5, 0.6) is 23.0 Å². The third-order valence-electron chi connectivity index (χ3n) is 4.18. The van der Waals surface area contributed by atoms with E-state index in [1.165, 1.54) is 6.07 Å². The van der Waals surface area contributed by atoms with Gasteiger partial charge in [0.2, 0.25) is 0 Å². The van der Waals surface area contributed by atoms with Gasteiger partial charge < -0.3 is 9.05 Å². The fourth-order valence-electron chi connectivity index (χ4n) is 2.75. The van der Waals surface area contributed by atoms with Gasteiger partial charge in [0, 0.05) is 10.6 Å². The first kappa shape index (κ1) is 32.4. The Bertz CT molecular complexity index is 1220. The highest BCUT2D eigenvalue weighted by Crippen LogP contribution is 2.48. The van der Waals surface area contributed by atoms with E-state index in [1.54, 1.807) is 91.0 Å². The van der Waals surface area contributed by atoms with Gasteiger partial charge in [-0.2, -0.15) is 0 Å². The van der Waals surface area contributed by atoms with Gasteiger partial charge in [0.15, 0.2) is 11.5 Å². The Hall–Kier alpha value is -3.59. The molecule has 8 heteroatoms. The highest BCUT2D eigenvalue weighted by Gasteiger charge is 2.32. The molecule has 0 saturated carbocycles. The Morgan fingerprint density at radius 3 is 1.45 bits per heavy atom. The molecule has 38 heavy (non-hydrogen) atoms. The minimum atomic E-state index is -3.78. The average molecular weight is 556 g/mol. The first-order valence-corrected chi connectivity index (χ1v) is 15.3. The molecule has 202 valence electrons. The van der Waals surface area contributed by atoms with Crippen LogP contribution < -0.4 is 23.4 Å². The average Bonchev–Trinajstić information content (AvgIpc) is 2.98. The van der Waals surface area contributed by atoms with Crippen molar-refractivity contribution in [1.82, 2.24) is 0 Å². The summed E-state index contributed by atoms with van der Waals surface area (Å²) in [6.45, 7) is 12.0. The maximum Gasteiger partial charge on any atom is 0.805 e. The zero-order valence-corrected chi connectivity index (χ0v) is 24.6. The summed E-state index contributed by atoms with van der Waals surface area (Å²) >= 11 is 0. The lowest BCUT2D eigenvalue weighted by Gasteiger charge is -2.20. The van der Waals surface area contributed by atoms with Crippen LogP contribution in [-0.2, 0) is 9.13 Å². The molecule has 0 amide bonds. The number of benzene rings is 4. The summed E-state index contributed by atoms with van der Waals surface area (Å²) in [5.41, 5.74) is 0. The van der Waals surface area contributed by atoms with Crippen molar-refractivity contribution in [2.24, 2.45) is 0 Å². The highest BCUT2D eigenvalue weighted by molar-refractivity contribution is 7.63. The van der Waals surface area contributed by atoms with Gasteiger partial charge >= 0.3 is 15.9 Å². The monoisotopic (exact) mass is 555 g/mol. The molecule has 0 N–H and O–H groups in total. The molecule has 6 nitrogen and oxygen atoms in total. The molecule has 4 rings (SSSR count). The zero-order chi connectivity index (χ0) is 28.2. The van der Waals surface area contributed by atoms with Crippen molar-refractivity contribution < 1.29 is 27.2 Å². The largest absolute Gasteiger partial charge is 0.805 e. The van der Waals surface area contributed by atoms with E-state index in [2.05, 4.69) is 0 Å². The fourth-order valence-corrected chi connectivity index (χ4v) is 4.95. The summed E-state index contributed by atoms with van der Waals surface area (Å²) in [7, 11) is -6.25. The van der Waals surface area contributed by atoms with Gasteiger partial charge in [0.25, 0.3) is 0 Å². The lowest BCUT2D eigenvalue weighted by atomic mass is 10.3.